The van der Waals surface area contributed by atoms with E-state index in [-0.39, 0.29) is 6.04 Å². The molecule has 1 atom stereocenters. The van der Waals surface area contributed by atoms with Gasteiger partial charge in [0.05, 0.1) is 5.01 Å². The fraction of sp³-hybridized carbons (Fsp3) is 0.333. The van der Waals surface area contributed by atoms with Gasteiger partial charge >= 0.3 is 0 Å². The smallest absolute Gasteiger partial charge is 0.0947 e. The Balaban J connectivity index is 2.14. The van der Waals surface area contributed by atoms with Crippen molar-refractivity contribution in [3.63, 3.8) is 0 Å². The third-order valence-electron chi connectivity index (χ3n) is 2.54. The van der Waals surface area contributed by atoms with Gasteiger partial charge in [-0.15, -0.1) is 11.3 Å². The number of hydrogen-bond donors (Lipinski definition) is 1. The second-order valence-electron chi connectivity index (χ2n) is 3.93. The lowest BCUT2D eigenvalue weighted by Crippen LogP contribution is -2.14. The van der Waals surface area contributed by atoms with Gasteiger partial charge in [-0.25, -0.2) is 4.98 Å². The van der Waals surface area contributed by atoms with Gasteiger partial charge in [0.15, 0.2) is 0 Å². The standard InChI is InChI=1S/C12H15N3S/c1-8-3-4-14-6-10(8)11(13)5-12-15-9(2)7-16-12/h3-4,6-7,11H,5,13H2,1-2H3. The number of aromatic nitrogens is 2. The van der Waals surface area contributed by atoms with Gasteiger partial charge in [0.25, 0.3) is 0 Å². The zero-order valence-electron chi connectivity index (χ0n) is 9.47. The molecule has 2 heterocycles. The van der Waals surface area contributed by atoms with E-state index in [1.54, 1.807) is 17.5 Å². The molecule has 0 aliphatic heterocycles. The van der Waals surface area contributed by atoms with Crippen LogP contribution in [0.2, 0.25) is 0 Å². The number of aryl methyl sites for hydroxylation is 2. The van der Waals surface area contributed by atoms with Crippen molar-refractivity contribution in [2.45, 2.75) is 26.3 Å². The molecule has 0 fully saturated rings. The van der Waals surface area contributed by atoms with Gasteiger partial charge < -0.3 is 5.73 Å². The van der Waals surface area contributed by atoms with Gasteiger partial charge in [-0.05, 0) is 31.0 Å². The van der Waals surface area contributed by atoms with Crippen molar-refractivity contribution < 1.29 is 0 Å². The fourth-order valence-corrected chi connectivity index (χ4v) is 2.49. The van der Waals surface area contributed by atoms with E-state index >= 15 is 0 Å². The molecule has 0 spiro atoms. The third-order valence-corrected chi connectivity index (χ3v) is 3.53. The van der Waals surface area contributed by atoms with Gasteiger partial charge in [0.2, 0.25) is 0 Å². The first-order valence-electron chi connectivity index (χ1n) is 5.24. The lowest BCUT2D eigenvalue weighted by molar-refractivity contribution is 0.707. The average Bonchev–Trinajstić information content (AvgIpc) is 2.64. The molecule has 16 heavy (non-hydrogen) atoms. The van der Waals surface area contributed by atoms with Crippen LogP contribution in [0.3, 0.4) is 0 Å². The summed E-state index contributed by atoms with van der Waals surface area (Å²) >= 11 is 1.67. The Bertz CT molecular complexity index is 479. The van der Waals surface area contributed by atoms with E-state index in [1.807, 2.05) is 19.2 Å². The van der Waals surface area contributed by atoms with E-state index in [0.717, 1.165) is 22.7 Å². The Morgan fingerprint density at radius 1 is 1.44 bits per heavy atom. The molecule has 0 saturated heterocycles. The molecule has 0 aliphatic rings. The lowest BCUT2D eigenvalue weighted by Gasteiger charge is -2.12. The molecular formula is C12H15N3S. The molecule has 0 aromatic carbocycles. The molecule has 0 radical (unpaired) electrons. The van der Waals surface area contributed by atoms with E-state index in [4.69, 9.17) is 5.73 Å². The molecule has 2 aromatic heterocycles. The second kappa shape index (κ2) is 4.72. The summed E-state index contributed by atoms with van der Waals surface area (Å²) in [6.07, 6.45) is 4.42. The lowest BCUT2D eigenvalue weighted by atomic mass is 10.0. The van der Waals surface area contributed by atoms with Crippen LogP contribution in [-0.2, 0) is 6.42 Å². The van der Waals surface area contributed by atoms with Crippen molar-refractivity contribution >= 4 is 11.3 Å². The summed E-state index contributed by atoms with van der Waals surface area (Å²) in [7, 11) is 0. The number of nitrogens with zero attached hydrogens (tertiary/aromatic N) is 2. The van der Waals surface area contributed by atoms with Crippen LogP contribution in [0, 0.1) is 13.8 Å². The van der Waals surface area contributed by atoms with E-state index in [0.29, 0.717) is 0 Å². The first kappa shape index (κ1) is 11.2. The van der Waals surface area contributed by atoms with E-state index in [2.05, 4.69) is 22.3 Å². The molecule has 0 aliphatic carbocycles. The van der Waals surface area contributed by atoms with Crippen molar-refractivity contribution in [3.8, 4) is 0 Å². The molecule has 84 valence electrons. The second-order valence-corrected chi connectivity index (χ2v) is 4.87. The molecule has 0 saturated carbocycles. The predicted molar refractivity (Wildman–Crippen MR) is 66.5 cm³/mol. The predicted octanol–water partition coefficient (Wildman–Crippen LogP) is 2.40. The van der Waals surface area contributed by atoms with Crippen LogP contribution < -0.4 is 5.73 Å². The van der Waals surface area contributed by atoms with Gasteiger partial charge in [-0.3, -0.25) is 4.98 Å². The first-order chi connectivity index (χ1) is 7.66. The number of nitrogens with two attached hydrogens (primary N) is 1. The SMILES string of the molecule is Cc1csc(CC(N)c2cnccc2C)n1. The van der Waals surface area contributed by atoms with Crippen molar-refractivity contribution in [1.82, 2.24) is 9.97 Å². The molecule has 3 nitrogen and oxygen atoms in total. The Morgan fingerprint density at radius 3 is 2.88 bits per heavy atom. The van der Waals surface area contributed by atoms with Crippen LogP contribution >= 0.6 is 11.3 Å². The van der Waals surface area contributed by atoms with E-state index in [9.17, 15) is 0 Å². The monoisotopic (exact) mass is 233 g/mol. The van der Waals surface area contributed by atoms with Crippen LogP contribution in [0.15, 0.2) is 23.8 Å². The number of pyridine rings is 1. The summed E-state index contributed by atoms with van der Waals surface area (Å²) in [4.78, 5) is 8.54. The van der Waals surface area contributed by atoms with Gasteiger partial charge in [-0.1, -0.05) is 0 Å². The Morgan fingerprint density at radius 2 is 2.25 bits per heavy atom. The molecule has 0 amide bonds. The van der Waals surface area contributed by atoms with Gasteiger partial charge in [-0.2, -0.15) is 0 Å². The maximum absolute atomic E-state index is 6.16. The number of rotatable bonds is 3. The van der Waals surface area contributed by atoms with Crippen LogP contribution in [0.5, 0.6) is 0 Å². The molecule has 2 rings (SSSR count). The highest BCUT2D eigenvalue weighted by molar-refractivity contribution is 7.09. The molecule has 2 aromatic rings. The summed E-state index contributed by atoms with van der Waals surface area (Å²) in [5, 5.41) is 3.14. The normalized spacial score (nSPS) is 12.7. The first-order valence-corrected chi connectivity index (χ1v) is 6.12. The van der Waals surface area contributed by atoms with Gasteiger partial charge in [0, 0.05) is 35.9 Å². The fourth-order valence-electron chi connectivity index (χ4n) is 1.66. The van der Waals surface area contributed by atoms with Crippen LogP contribution in [0.25, 0.3) is 0 Å². The van der Waals surface area contributed by atoms with Crippen LogP contribution in [0.4, 0.5) is 0 Å². The van der Waals surface area contributed by atoms with Gasteiger partial charge in [0.1, 0.15) is 0 Å². The summed E-state index contributed by atoms with van der Waals surface area (Å²) in [6.45, 7) is 4.06. The van der Waals surface area contributed by atoms with Crippen molar-refractivity contribution in [2.24, 2.45) is 5.73 Å². The third kappa shape index (κ3) is 2.46. The number of thiazole rings is 1. The maximum atomic E-state index is 6.16. The zero-order valence-corrected chi connectivity index (χ0v) is 10.3. The average molecular weight is 233 g/mol. The molecule has 4 heteroatoms. The quantitative estimate of drug-likeness (QED) is 0.885. The van der Waals surface area contributed by atoms with Crippen molar-refractivity contribution in [1.29, 1.82) is 0 Å². The molecular weight excluding hydrogens is 218 g/mol. The van der Waals surface area contributed by atoms with Crippen molar-refractivity contribution in [2.75, 3.05) is 0 Å². The maximum Gasteiger partial charge on any atom is 0.0947 e. The Kier molecular flexibility index (Phi) is 3.31. The summed E-state index contributed by atoms with van der Waals surface area (Å²) < 4.78 is 0. The van der Waals surface area contributed by atoms with E-state index in [1.165, 1.54) is 5.56 Å². The Labute approximate surface area is 99.4 Å². The van der Waals surface area contributed by atoms with E-state index < -0.39 is 0 Å². The summed E-state index contributed by atoms with van der Waals surface area (Å²) in [6, 6.07) is 1.97. The molecule has 1 unspecified atom stereocenters. The minimum atomic E-state index is -0.0146. The molecule has 2 N–H and O–H groups in total. The Hall–Kier alpha value is -1.26. The summed E-state index contributed by atoms with van der Waals surface area (Å²) in [5.74, 6) is 0. The number of hydrogen-bond acceptors (Lipinski definition) is 4. The summed E-state index contributed by atoms with van der Waals surface area (Å²) in [5.41, 5.74) is 9.53. The highest BCUT2D eigenvalue weighted by atomic mass is 32.1. The molecule has 0 bridgehead atoms. The minimum absolute atomic E-state index is 0.0146. The van der Waals surface area contributed by atoms with Crippen molar-refractivity contribution in [3.05, 3.63) is 45.7 Å². The largest absolute Gasteiger partial charge is 0.324 e. The highest BCUT2D eigenvalue weighted by Crippen LogP contribution is 2.20. The van der Waals surface area contributed by atoms with Crippen LogP contribution in [0.1, 0.15) is 27.9 Å². The highest BCUT2D eigenvalue weighted by Gasteiger charge is 2.11. The topological polar surface area (TPSA) is 51.8 Å². The minimum Gasteiger partial charge on any atom is -0.324 e. The van der Waals surface area contributed by atoms with Crippen LogP contribution in [-0.4, -0.2) is 9.97 Å². The zero-order chi connectivity index (χ0) is 11.5.